The van der Waals surface area contributed by atoms with Crippen molar-refractivity contribution in [3.63, 3.8) is 0 Å². The lowest BCUT2D eigenvalue weighted by atomic mass is 9.98. The van der Waals surface area contributed by atoms with Crippen LogP contribution in [0.3, 0.4) is 0 Å². The van der Waals surface area contributed by atoms with Crippen molar-refractivity contribution >= 4 is 17.8 Å². The summed E-state index contributed by atoms with van der Waals surface area (Å²) in [5, 5.41) is 8.95. The van der Waals surface area contributed by atoms with E-state index in [1.807, 2.05) is 0 Å². The maximum atomic E-state index is 11.9. The van der Waals surface area contributed by atoms with Gasteiger partial charge < -0.3 is 14.9 Å². The molecular formula is C12H18N2O4. The molecule has 2 amide bonds. The van der Waals surface area contributed by atoms with Gasteiger partial charge in [-0.1, -0.05) is 0 Å². The Kier molecular flexibility index (Phi) is 3.84. The van der Waals surface area contributed by atoms with Gasteiger partial charge in [0.1, 0.15) is 0 Å². The third-order valence-electron chi connectivity index (χ3n) is 3.63. The van der Waals surface area contributed by atoms with Crippen molar-refractivity contribution in [2.45, 2.75) is 25.7 Å². The minimum absolute atomic E-state index is 0.0304. The van der Waals surface area contributed by atoms with E-state index in [-0.39, 0.29) is 31.3 Å². The van der Waals surface area contributed by atoms with Crippen LogP contribution in [0.5, 0.6) is 0 Å². The molecule has 0 bridgehead atoms. The second-order valence-corrected chi connectivity index (χ2v) is 4.94. The highest BCUT2D eigenvalue weighted by molar-refractivity contribution is 5.86. The van der Waals surface area contributed by atoms with Crippen molar-refractivity contribution < 1.29 is 19.5 Å². The number of piperidine rings is 1. The molecule has 2 aliphatic heterocycles. The van der Waals surface area contributed by atoms with Crippen LogP contribution < -0.4 is 0 Å². The number of hydrogen-bond donors (Lipinski definition) is 1. The zero-order valence-corrected chi connectivity index (χ0v) is 10.3. The molecular weight excluding hydrogens is 236 g/mol. The summed E-state index contributed by atoms with van der Waals surface area (Å²) in [5.41, 5.74) is 0. The average Bonchev–Trinajstić information content (AvgIpc) is 2.85. The van der Waals surface area contributed by atoms with Crippen molar-refractivity contribution in [1.82, 2.24) is 9.80 Å². The first-order valence-corrected chi connectivity index (χ1v) is 6.36. The molecule has 0 aromatic rings. The monoisotopic (exact) mass is 254 g/mol. The van der Waals surface area contributed by atoms with E-state index in [0.717, 1.165) is 25.9 Å². The van der Waals surface area contributed by atoms with Crippen LogP contribution in [0.15, 0.2) is 0 Å². The number of carbonyl (C=O) groups excluding carboxylic acids is 2. The van der Waals surface area contributed by atoms with E-state index < -0.39 is 11.9 Å². The predicted molar refractivity (Wildman–Crippen MR) is 62.8 cm³/mol. The molecule has 0 aromatic heterocycles. The average molecular weight is 254 g/mol. The summed E-state index contributed by atoms with van der Waals surface area (Å²) in [4.78, 5) is 37.7. The minimum Gasteiger partial charge on any atom is -0.481 e. The molecule has 18 heavy (non-hydrogen) atoms. The molecule has 0 aromatic carbocycles. The molecule has 0 spiro atoms. The Bertz CT molecular complexity index is 363. The van der Waals surface area contributed by atoms with Crippen LogP contribution in [0.1, 0.15) is 25.7 Å². The van der Waals surface area contributed by atoms with E-state index in [1.165, 1.54) is 4.90 Å². The van der Waals surface area contributed by atoms with Crippen molar-refractivity contribution in [2.24, 2.45) is 5.92 Å². The highest BCUT2D eigenvalue weighted by Crippen LogP contribution is 2.18. The largest absolute Gasteiger partial charge is 0.481 e. The van der Waals surface area contributed by atoms with Crippen LogP contribution in [-0.2, 0) is 14.4 Å². The van der Waals surface area contributed by atoms with E-state index in [4.69, 9.17) is 5.11 Å². The number of nitrogens with zero attached hydrogens (tertiary/aromatic N) is 2. The summed E-state index contributed by atoms with van der Waals surface area (Å²) < 4.78 is 0. The summed E-state index contributed by atoms with van der Waals surface area (Å²) in [6.45, 7) is 1.70. The number of amides is 2. The van der Waals surface area contributed by atoms with Gasteiger partial charge in [-0.25, -0.2) is 0 Å². The standard InChI is InChI=1S/C12H18N2O4/c15-10-4-3-9(12(17)18)7-14(10)8-11(16)13-5-1-2-6-13/h9H,1-8H2,(H,17,18). The molecule has 2 rings (SSSR count). The number of aliphatic carboxylic acids is 1. The SMILES string of the molecule is O=C(O)C1CCC(=O)N(CC(=O)N2CCCC2)C1. The van der Waals surface area contributed by atoms with Crippen molar-refractivity contribution in [2.75, 3.05) is 26.2 Å². The fourth-order valence-electron chi connectivity index (χ4n) is 2.50. The van der Waals surface area contributed by atoms with Crippen LogP contribution in [-0.4, -0.2) is 58.9 Å². The van der Waals surface area contributed by atoms with Gasteiger partial charge in [0, 0.05) is 26.1 Å². The number of hydrogen-bond acceptors (Lipinski definition) is 3. The van der Waals surface area contributed by atoms with Gasteiger partial charge in [-0.15, -0.1) is 0 Å². The summed E-state index contributed by atoms with van der Waals surface area (Å²) in [6, 6.07) is 0. The third kappa shape index (κ3) is 2.80. The van der Waals surface area contributed by atoms with Gasteiger partial charge in [-0.2, -0.15) is 0 Å². The highest BCUT2D eigenvalue weighted by Gasteiger charge is 2.32. The molecule has 0 aliphatic carbocycles. The van der Waals surface area contributed by atoms with Gasteiger partial charge in [-0.3, -0.25) is 14.4 Å². The maximum Gasteiger partial charge on any atom is 0.308 e. The Morgan fingerprint density at radius 1 is 1.28 bits per heavy atom. The Balaban J connectivity index is 1.91. The molecule has 2 saturated heterocycles. The Morgan fingerprint density at radius 3 is 2.56 bits per heavy atom. The first-order chi connectivity index (χ1) is 8.58. The molecule has 1 unspecified atom stereocenters. The summed E-state index contributed by atoms with van der Waals surface area (Å²) in [6.07, 6.45) is 2.63. The molecule has 2 aliphatic rings. The van der Waals surface area contributed by atoms with Crippen LogP contribution in [0, 0.1) is 5.92 Å². The van der Waals surface area contributed by atoms with Crippen LogP contribution in [0.25, 0.3) is 0 Å². The fraction of sp³-hybridized carbons (Fsp3) is 0.750. The van der Waals surface area contributed by atoms with Gasteiger partial charge in [0.25, 0.3) is 0 Å². The quantitative estimate of drug-likeness (QED) is 0.765. The Hall–Kier alpha value is -1.59. The molecule has 6 heteroatoms. The Labute approximate surface area is 106 Å². The number of likely N-dealkylation sites (tertiary alicyclic amines) is 2. The zero-order chi connectivity index (χ0) is 13.1. The maximum absolute atomic E-state index is 11.9. The van der Waals surface area contributed by atoms with E-state index >= 15 is 0 Å². The molecule has 2 heterocycles. The van der Waals surface area contributed by atoms with E-state index in [0.29, 0.717) is 6.42 Å². The second kappa shape index (κ2) is 5.37. The van der Waals surface area contributed by atoms with Crippen molar-refractivity contribution in [3.8, 4) is 0 Å². The number of carbonyl (C=O) groups is 3. The van der Waals surface area contributed by atoms with E-state index in [1.54, 1.807) is 4.90 Å². The summed E-state index contributed by atoms with van der Waals surface area (Å²) in [7, 11) is 0. The van der Waals surface area contributed by atoms with E-state index in [9.17, 15) is 14.4 Å². The number of rotatable bonds is 3. The van der Waals surface area contributed by atoms with Gasteiger partial charge in [0.2, 0.25) is 11.8 Å². The Morgan fingerprint density at radius 2 is 1.94 bits per heavy atom. The predicted octanol–water partition coefficient (Wildman–Crippen LogP) is -0.0680. The number of carboxylic acids is 1. The first kappa shape index (κ1) is 12.9. The van der Waals surface area contributed by atoms with Crippen LogP contribution >= 0.6 is 0 Å². The van der Waals surface area contributed by atoms with E-state index in [2.05, 4.69) is 0 Å². The molecule has 2 fully saturated rings. The number of carboxylic acid groups (broad SMARTS) is 1. The van der Waals surface area contributed by atoms with Crippen molar-refractivity contribution in [1.29, 1.82) is 0 Å². The lowest BCUT2D eigenvalue weighted by Gasteiger charge is -2.31. The van der Waals surface area contributed by atoms with Gasteiger partial charge in [0.05, 0.1) is 12.5 Å². The molecule has 1 N–H and O–H groups in total. The molecule has 0 radical (unpaired) electrons. The molecule has 1 atom stereocenters. The van der Waals surface area contributed by atoms with Crippen molar-refractivity contribution in [3.05, 3.63) is 0 Å². The summed E-state index contributed by atoms with van der Waals surface area (Å²) >= 11 is 0. The fourth-order valence-corrected chi connectivity index (χ4v) is 2.50. The first-order valence-electron chi connectivity index (χ1n) is 6.36. The minimum atomic E-state index is -0.888. The van der Waals surface area contributed by atoms with Gasteiger partial charge in [-0.05, 0) is 19.3 Å². The smallest absolute Gasteiger partial charge is 0.308 e. The lowest BCUT2D eigenvalue weighted by Crippen LogP contribution is -2.47. The molecule has 6 nitrogen and oxygen atoms in total. The molecule has 0 saturated carbocycles. The third-order valence-corrected chi connectivity index (χ3v) is 3.63. The van der Waals surface area contributed by atoms with Gasteiger partial charge in [0.15, 0.2) is 0 Å². The van der Waals surface area contributed by atoms with Crippen LogP contribution in [0.2, 0.25) is 0 Å². The lowest BCUT2D eigenvalue weighted by molar-refractivity contribution is -0.150. The highest BCUT2D eigenvalue weighted by atomic mass is 16.4. The van der Waals surface area contributed by atoms with Gasteiger partial charge >= 0.3 is 5.97 Å². The topological polar surface area (TPSA) is 77.9 Å². The molecule has 100 valence electrons. The van der Waals surface area contributed by atoms with Crippen LogP contribution in [0.4, 0.5) is 0 Å². The second-order valence-electron chi connectivity index (χ2n) is 4.94. The summed E-state index contributed by atoms with van der Waals surface area (Å²) in [5.74, 6) is -1.60. The normalized spacial score (nSPS) is 24.4. The zero-order valence-electron chi connectivity index (χ0n) is 10.3.